The largest absolute Gasteiger partial charge is 0.339 e. The molecule has 3 rings (SSSR count). The predicted molar refractivity (Wildman–Crippen MR) is 75.0 cm³/mol. The molecular weight excluding hydrogens is 244 g/mol. The van der Waals surface area contributed by atoms with Gasteiger partial charge in [0.05, 0.1) is 0 Å². The molecule has 0 saturated carbocycles. The zero-order valence-electron chi connectivity index (χ0n) is 10.3. The van der Waals surface area contributed by atoms with Gasteiger partial charge in [-0.15, -0.1) is 11.3 Å². The summed E-state index contributed by atoms with van der Waals surface area (Å²) < 4.78 is 0. The minimum atomic E-state index is 0.561. The average molecular weight is 260 g/mol. The molecule has 18 heavy (non-hydrogen) atoms. The van der Waals surface area contributed by atoms with Gasteiger partial charge in [-0.2, -0.15) is 0 Å². The quantitative estimate of drug-likeness (QED) is 0.916. The minimum Gasteiger partial charge on any atom is -0.339 e. The molecule has 2 aromatic heterocycles. The third kappa shape index (κ3) is 2.23. The third-order valence-electron chi connectivity index (χ3n) is 3.32. The summed E-state index contributed by atoms with van der Waals surface area (Å²) in [6.07, 6.45) is 4.99. The molecule has 1 aliphatic heterocycles. The van der Waals surface area contributed by atoms with E-state index in [1.165, 1.54) is 4.88 Å². The van der Waals surface area contributed by atoms with Crippen LogP contribution in [-0.2, 0) is 0 Å². The molecule has 2 aromatic rings. The van der Waals surface area contributed by atoms with Crippen LogP contribution in [0.5, 0.6) is 0 Å². The summed E-state index contributed by atoms with van der Waals surface area (Å²) in [5, 5.41) is 5.37. The highest BCUT2D eigenvalue weighted by atomic mass is 32.1. The maximum absolute atomic E-state index is 4.48. The van der Waals surface area contributed by atoms with Crippen LogP contribution in [0, 0.1) is 0 Å². The predicted octanol–water partition coefficient (Wildman–Crippen LogP) is 2.00. The van der Waals surface area contributed by atoms with E-state index in [0.29, 0.717) is 6.04 Å². The Morgan fingerprint density at radius 3 is 2.83 bits per heavy atom. The van der Waals surface area contributed by atoms with Crippen molar-refractivity contribution in [2.24, 2.45) is 0 Å². The van der Waals surface area contributed by atoms with Gasteiger partial charge in [-0.1, -0.05) is 6.07 Å². The Kier molecular flexibility index (Phi) is 3.25. The van der Waals surface area contributed by atoms with Crippen LogP contribution < -0.4 is 10.2 Å². The first-order valence-corrected chi connectivity index (χ1v) is 7.03. The van der Waals surface area contributed by atoms with Gasteiger partial charge in [-0.3, -0.25) is 0 Å². The fourth-order valence-corrected chi connectivity index (χ4v) is 2.93. The van der Waals surface area contributed by atoms with Crippen molar-refractivity contribution in [2.75, 3.05) is 25.0 Å². The molecule has 94 valence electrons. The molecule has 0 aliphatic carbocycles. The second-order valence-electron chi connectivity index (χ2n) is 4.47. The molecule has 0 spiro atoms. The summed E-state index contributed by atoms with van der Waals surface area (Å²) in [5.41, 5.74) is 1.10. The van der Waals surface area contributed by atoms with E-state index in [0.717, 1.165) is 31.0 Å². The van der Waals surface area contributed by atoms with Crippen molar-refractivity contribution in [2.45, 2.75) is 12.5 Å². The van der Waals surface area contributed by atoms with Gasteiger partial charge in [-0.25, -0.2) is 9.97 Å². The molecule has 1 atom stereocenters. The van der Waals surface area contributed by atoms with E-state index in [2.05, 4.69) is 31.6 Å². The Morgan fingerprint density at radius 1 is 1.39 bits per heavy atom. The first kappa shape index (κ1) is 11.6. The van der Waals surface area contributed by atoms with Gasteiger partial charge >= 0.3 is 0 Å². The van der Waals surface area contributed by atoms with E-state index < -0.39 is 0 Å². The van der Waals surface area contributed by atoms with Gasteiger partial charge in [0.1, 0.15) is 0 Å². The lowest BCUT2D eigenvalue weighted by molar-refractivity contribution is 0.616. The van der Waals surface area contributed by atoms with Crippen LogP contribution in [0.3, 0.4) is 0 Å². The number of rotatable bonds is 3. The first-order valence-electron chi connectivity index (χ1n) is 6.15. The van der Waals surface area contributed by atoms with Crippen molar-refractivity contribution in [1.82, 2.24) is 15.3 Å². The van der Waals surface area contributed by atoms with Crippen molar-refractivity contribution >= 4 is 17.3 Å². The summed E-state index contributed by atoms with van der Waals surface area (Å²) in [6, 6.07) is 4.70. The van der Waals surface area contributed by atoms with Crippen LogP contribution in [-0.4, -0.2) is 36.1 Å². The fourth-order valence-electron chi connectivity index (χ4n) is 2.23. The highest BCUT2D eigenvalue weighted by Crippen LogP contribution is 2.24. The van der Waals surface area contributed by atoms with Crippen LogP contribution in [0.25, 0.3) is 10.4 Å². The molecule has 0 bridgehead atoms. The Labute approximate surface area is 111 Å². The topological polar surface area (TPSA) is 41.0 Å². The highest BCUT2D eigenvalue weighted by Gasteiger charge is 2.22. The number of nitrogens with one attached hydrogen (secondary N) is 1. The molecule has 0 radical (unpaired) electrons. The monoisotopic (exact) mass is 260 g/mol. The van der Waals surface area contributed by atoms with E-state index >= 15 is 0 Å². The lowest BCUT2D eigenvalue weighted by atomic mass is 10.3. The lowest BCUT2D eigenvalue weighted by Crippen LogP contribution is -2.30. The fraction of sp³-hybridized carbons (Fsp3) is 0.385. The van der Waals surface area contributed by atoms with Gasteiger partial charge in [0.2, 0.25) is 5.95 Å². The zero-order chi connectivity index (χ0) is 12.4. The van der Waals surface area contributed by atoms with Crippen molar-refractivity contribution in [1.29, 1.82) is 0 Å². The molecule has 5 heteroatoms. The van der Waals surface area contributed by atoms with Crippen LogP contribution in [0.1, 0.15) is 6.42 Å². The number of anilines is 1. The number of aromatic nitrogens is 2. The highest BCUT2D eigenvalue weighted by molar-refractivity contribution is 7.13. The van der Waals surface area contributed by atoms with Gasteiger partial charge in [0.25, 0.3) is 0 Å². The normalized spacial score (nSPS) is 19.4. The maximum atomic E-state index is 4.48. The van der Waals surface area contributed by atoms with E-state index in [1.54, 1.807) is 11.3 Å². The Hall–Kier alpha value is -1.46. The molecule has 3 heterocycles. The summed E-state index contributed by atoms with van der Waals surface area (Å²) in [5.74, 6) is 0.841. The molecule has 1 N–H and O–H groups in total. The lowest BCUT2D eigenvalue weighted by Gasteiger charge is -2.15. The van der Waals surface area contributed by atoms with Crippen molar-refractivity contribution < 1.29 is 0 Å². The standard InChI is InChI=1S/C13H16N4S/c1-14-11-4-5-17(9-11)13-15-7-10(8-16-13)12-3-2-6-18-12/h2-3,6-8,11,14H,4-5,9H2,1H3. The summed E-state index contributed by atoms with van der Waals surface area (Å²) >= 11 is 1.71. The number of nitrogens with zero attached hydrogens (tertiary/aromatic N) is 3. The van der Waals surface area contributed by atoms with Gasteiger partial charge in [-0.05, 0) is 24.9 Å². The molecule has 4 nitrogen and oxygen atoms in total. The smallest absolute Gasteiger partial charge is 0.225 e. The van der Waals surface area contributed by atoms with E-state index in [9.17, 15) is 0 Å². The molecule has 0 amide bonds. The third-order valence-corrected chi connectivity index (χ3v) is 4.24. The van der Waals surface area contributed by atoms with Crippen LogP contribution in [0.15, 0.2) is 29.9 Å². The molecule has 0 aromatic carbocycles. The first-order chi connectivity index (χ1) is 8.86. The summed E-state index contributed by atoms with van der Waals surface area (Å²) in [7, 11) is 2.01. The second kappa shape index (κ2) is 5.04. The van der Waals surface area contributed by atoms with E-state index in [1.807, 2.05) is 25.5 Å². The maximum Gasteiger partial charge on any atom is 0.225 e. The molecule has 1 saturated heterocycles. The number of thiophene rings is 1. The van der Waals surface area contributed by atoms with Gasteiger partial charge < -0.3 is 10.2 Å². The van der Waals surface area contributed by atoms with Crippen molar-refractivity contribution in [3.8, 4) is 10.4 Å². The average Bonchev–Trinajstić information content (AvgIpc) is 3.10. The Bertz CT molecular complexity index is 494. The van der Waals surface area contributed by atoms with E-state index in [4.69, 9.17) is 0 Å². The van der Waals surface area contributed by atoms with Crippen LogP contribution in [0.2, 0.25) is 0 Å². The van der Waals surface area contributed by atoms with Crippen LogP contribution in [0.4, 0.5) is 5.95 Å². The molecule has 1 unspecified atom stereocenters. The van der Waals surface area contributed by atoms with Gasteiger partial charge in [0.15, 0.2) is 0 Å². The summed E-state index contributed by atoms with van der Waals surface area (Å²) in [4.78, 5) is 12.4. The molecule has 1 fully saturated rings. The van der Waals surface area contributed by atoms with Crippen molar-refractivity contribution in [3.05, 3.63) is 29.9 Å². The SMILES string of the molecule is CNC1CCN(c2ncc(-c3cccs3)cn2)C1. The Morgan fingerprint density at radius 2 is 2.22 bits per heavy atom. The van der Waals surface area contributed by atoms with Crippen molar-refractivity contribution in [3.63, 3.8) is 0 Å². The minimum absolute atomic E-state index is 0.561. The van der Waals surface area contributed by atoms with Gasteiger partial charge in [0, 0.05) is 42.0 Å². The number of hydrogen-bond donors (Lipinski definition) is 1. The zero-order valence-corrected chi connectivity index (χ0v) is 11.2. The van der Waals surface area contributed by atoms with E-state index in [-0.39, 0.29) is 0 Å². The summed E-state index contributed by atoms with van der Waals surface area (Å²) in [6.45, 7) is 2.03. The Balaban J connectivity index is 1.76. The van der Waals surface area contributed by atoms with Crippen LogP contribution >= 0.6 is 11.3 Å². The second-order valence-corrected chi connectivity index (χ2v) is 5.42. The number of likely N-dealkylation sites (N-methyl/N-ethyl adjacent to an activating group) is 1. The number of hydrogen-bond acceptors (Lipinski definition) is 5. The molecular formula is C13H16N4S. The molecule has 1 aliphatic rings.